The molecular formula is C20H41N4O5P. The Morgan fingerprint density at radius 2 is 1.77 bits per heavy atom. The fourth-order valence-corrected chi connectivity index (χ4v) is 4.41. The molecule has 9 nitrogen and oxygen atoms in total. The molecule has 1 heterocycles. The van der Waals surface area contributed by atoms with Crippen LogP contribution in [0.15, 0.2) is 0 Å². The van der Waals surface area contributed by atoms with Crippen molar-refractivity contribution in [2.24, 2.45) is 5.92 Å². The topological polar surface area (TPSA) is 140 Å². The van der Waals surface area contributed by atoms with Crippen LogP contribution >= 0.6 is 7.60 Å². The van der Waals surface area contributed by atoms with Gasteiger partial charge < -0.3 is 25.7 Å². The molecular weight excluding hydrogens is 407 g/mol. The first-order chi connectivity index (χ1) is 14.1. The van der Waals surface area contributed by atoms with Gasteiger partial charge in [-0.25, -0.2) is 0 Å². The summed E-state index contributed by atoms with van der Waals surface area (Å²) >= 11 is 0. The van der Waals surface area contributed by atoms with Gasteiger partial charge in [0.05, 0.1) is 6.04 Å². The van der Waals surface area contributed by atoms with E-state index in [0.717, 1.165) is 45.2 Å². The predicted molar refractivity (Wildman–Crippen MR) is 118 cm³/mol. The zero-order valence-corrected chi connectivity index (χ0v) is 19.5. The Morgan fingerprint density at radius 1 is 1.13 bits per heavy atom. The highest BCUT2D eigenvalue weighted by atomic mass is 31.2. The van der Waals surface area contributed by atoms with Gasteiger partial charge in [0.15, 0.2) is 0 Å². The highest BCUT2D eigenvalue weighted by Gasteiger charge is 2.33. The van der Waals surface area contributed by atoms with E-state index in [0.29, 0.717) is 19.4 Å². The van der Waals surface area contributed by atoms with Crippen molar-refractivity contribution in [3.8, 4) is 0 Å². The van der Waals surface area contributed by atoms with Crippen molar-refractivity contribution in [2.75, 3.05) is 19.6 Å². The molecule has 0 saturated carbocycles. The number of carbonyl (C=O) groups excluding carboxylic acids is 2. The summed E-state index contributed by atoms with van der Waals surface area (Å²) in [6, 6.07) is -1.42. The SMILES string of the molecule is CC[C@H](N[C@@H](CC(C)C)C(=O)N[C@H]1CCCCNCCCCCNC1=O)P(=O)(O)O. The summed E-state index contributed by atoms with van der Waals surface area (Å²) in [5, 5.41) is 12.0. The number of nitrogens with one attached hydrogen (secondary N) is 4. The van der Waals surface area contributed by atoms with Gasteiger partial charge in [-0.05, 0) is 64.0 Å². The molecule has 1 aliphatic heterocycles. The van der Waals surface area contributed by atoms with Crippen LogP contribution in [0, 0.1) is 5.92 Å². The number of carbonyl (C=O) groups is 2. The van der Waals surface area contributed by atoms with Crippen LogP contribution in [-0.4, -0.2) is 59.1 Å². The van der Waals surface area contributed by atoms with Crippen molar-refractivity contribution < 1.29 is 23.9 Å². The van der Waals surface area contributed by atoms with E-state index in [9.17, 15) is 23.9 Å². The Hall–Kier alpha value is -0.990. The second kappa shape index (κ2) is 14.1. The van der Waals surface area contributed by atoms with Crippen molar-refractivity contribution in [3.63, 3.8) is 0 Å². The molecule has 0 aliphatic carbocycles. The van der Waals surface area contributed by atoms with Crippen LogP contribution in [0.3, 0.4) is 0 Å². The fraction of sp³-hybridized carbons (Fsp3) is 0.900. The van der Waals surface area contributed by atoms with Crippen molar-refractivity contribution in [1.29, 1.82) is 0 Å². The van der Waals surface area contributed by atoms with Crippen molar-refractivity contribution >= 4 is 19.4 Å². The molecule has 1 saturated heterocycles. The molecule has 1 rings (SSSR count). The average molecular weight is 449 g/mol. The highest BCUT2D eigenvalue weighted by Crippen LogP contribution is 2.41. The maximum atomic E-state index is 13.0. The minimum atomic E-state index is -4.38. The molecule has 0 spiro atoms. The summed E-state index contributed by atoms with van der Waals surface area (Å²) < 4.78 is 11.7. The standard InChI is InChI=1S/C20H41N4O5P/c1-4-18(30(27,28)29)23-17(14-15(2)3)20(26)24-16-10-6-9-12-21-11-7-5-8-13-22-19(16)25/h15-18,21,23H,4-14H2,1-3H3,(H,22,25)(H,24,26)(H2,27,28,29)/t16-,17-,18+/m0/s1. The third-order valence-electron chi connectivity index (χ3n) is 5.27. The number of hydrogen-bond donors (Lipinski definition) is 6. The van der Waals surface area contributed by atoms with Gasteiger partial charge >= 0.3 is 7.60 Å². The zero-order valence-electron chi connectivity index (χ0n) is 18.7. The summed E-state index contributed by atoms with van der Waals surface area (Å²) in [6.07, 6.45) is 5.87. The maximum absolute atomic E-state index is 13.0. The molecule has 2 amide bonds. The summed E-state index contributed by atoms with van der Waals surface area (Å²) in [5.74, 6) is -1.53. The van der Waals surface area contributed by atoms with Crippen LogP contribution in [0.2, 0.25) is 0 Å². The third-order valence-corrected chi connectivity index (χ3v) is 6.60. The smallest absolute Gasteiger partial charge is 0.342 e. The third kappa shape index (κ3) is 10.9. The lowest BCUT2D eigenvalue weighted by molar-refractivity contribution is -0.130. The number of hydrogen-bond acceptors (Lipinski definition) is 5. The second-order valence-corrected chi connectivity index (χ2v) is 10.3. The van der Waals surface area contributed by atoms with Gasteiger partial charge in [-0.3, -0.25) is 19.5 Å². The van der Waals surface area contributed by atoms with Gasteiger partial charge in [0.2, 0.25) is 11.8 Å². The monoisotopic (exact) mass is 448 g/mol. The van der Waals surface area contributed by atoms with Gasteiger partial charge in [0.25, 0.3) is 0 Å². The molecule has 0 aromatic rings. The number of amides is 2. The molecule has 0 aromatic heterocycles. The summed E-state index contributed by atoms with van der Waals surface area (Å²) in [5.41, 5.74) is 0. The lowest BCUT2D eigenvalue weighted by Gasteiger charge is -2.28. The lowest BCUT2D eigenvalue weighted by Crippen LogP contribution is -2.54. The van der Waals surface area contributed by atoms with Crippen LogP contribution in [0.5, 0.6) is 0 Å². The summed E-state index contributed by atoms with van der Waals surface area (Å²) in [6.45, 7) is 8.00. The van der Waals surface area contributed by atoms with E-state index in [1.54, 1.807) is 6.92 Å². The Labute approximate surface area is 180 Å². The molecule has 0 aromatic carbocycles. The lowest BCUT2D eigenvalue weighted by atomic mass is 10.0. The molecule has 176 valence electrons. The van der Waals surface area contributed by atoms with Gasteiger partial charge in [-0.1, -0.05) is 27.2 Å². The molecule has 0 bridgehead atoms. The first-order valence-electron chi connectivity index (χ1n) is 11.2. The molecule has 3 atom stereocenters. The van der Waals surface area contributed by atoms with Gasteiger partial charge in [-0.2, -0.15) is 0 Å². The Morgan fingerprint density at radius 3 is 2.37 bits per heavy atom. The van der Waals surface area contributed by atoms with Gasteiger partial charge in [0.1, 0.15) is 11.8 Å². The first kappa shape index (κ1) is 27.0. The van der Waals surface area contributed by atoms with Crippen LogP contribution in [0.4, 0.5) is 0 Å². The molecule has 6 N–H and O–H groups in total. The van der Waals surface area contributed by atoms with E-state index in [2.05, 4.69) is 21.3 Å². The molecule has 1 aliphatic rings. The van der Waals surface area contributed by atoms with E-state index < -0.39 is 31.4 Å². The molecule has 0 unspecified atom stereocenters. The quantitative estimate of drug-likeness (QED) is 0.309. The van der Waals surface area contributed by atoms with Gasteiger partial charge in [-0.15, -0.1) is 0 Å². The van der Waals surface area contributed by atoms with Crippen LogP contribution in [0.25, 0.3) is 0 Å². The van der Waals surface area contributed by atoms with Crippen molar-refractivity contribution in [1.82, 2.24) is 21.3 Å². The molecule has 30 heavy (non-hydrogen) atoms. The minimum Gasteiger partial charge on any atom is -0.354 e. The van der Waals surface area contributed by atoms with E-state index in [1.807, 2.05) is 13.8 Å². The second-order valence-electron chi connectivity index (χ2n) is 8.52. The van der Waals surface area contributed by atoms with E-state index in [4.69, 9.17) is 0 Å². The first-order valence-corrected chi connectivity index (χ1v) is 12.9. The largest absolute Gasteiger partial charge is 0.354 e. The Balaban J connectivity index is 2.84. The van der Waals surface area contributed by atoms with Crippen molar-refractivity contribution in [2.45, 2.75) is 90.0 Å². The summed E-state index contributed by atoms with van der Waals surface area (Å²) in [7, 11) is -4.38. The van der Waals surface area contributed by atoms with Crippen LogP contribution in [0.1, 0.15) is 72.1 Å². The fourth-order valence-electron chi connectivity index (χ4n) is 3.56. The average Bonchev–Trinajstić information content (AvgIpc) is 2.67. The summed E-state index contributed by atoms with van der Waals surface area (Å²) in [4.78, 5) is 44.7. The Kier molecular flexibility index (Phi) is 12.8. The van der Waals surface area contributed by atoms with E-state index in [-0.39, 0.29) is 18.2 Å². The Bertz CT molecular complexity index is 569. The molecule has 1 fully saturated rings. The van der Waals surface area contributed by atoms with Crippen LogP contribution in [-0.2, 0) is 14.2 Å². The van der Waals surface area contributed by atoms with Crippen LogP contribution < -0.4 is 21.3 Å². The van der Waals surface area contributed by atoms with Crippen molar-refractivity contribution in [3.05, 3.63) is 0 Å². The zero-order chi connectivity index (χ0) is 22.6. The molecule has 10 heteroatoms. The van der Waals surface area contributed by atoms with Gasteiger partial charge in [0, 0.05) is 6.54 Å². The minimum absolute atomic E-state index is 0.141. The molecule has 0 radical (unpaired) electrons. The maximum Gasteiger partial charge on any atom is 0.342 e. The normalized spacial score (nSPS) is 22.2. The number of rotatable bonds is 8. The van der Waals surface area contributed by atoms with E-state index in [1.165, 1.54) is 0 Å². The predicted octanol–water partition coefficient (Wildman–Crippen LogP) is 1.45. The van der Waals surface area contributed by atoms with E-state index >= 15 is 0 Å². The highest BCUT2D eigenvalue weighted by molar-refractivity contribution is 7.52.